The Kier molecular flexibility index (Phi) is 6.11. The molecule has 0 saturated heterocycles. The average Bonchev–Trinajstić information content (AvgIpc) is 3.63. The van der Waals surface area contributed by atoms with Crippen LogP contribution in [0.4, 0.5) is 13.2 Å². The Morgan fingerprint density at radius 3 is 2.56 bits per heavy atom. The molecule has 1 atom stereocenters. The quantitative estimate of drug-likeness (QED) is 0.565. The van der Waals surface area contributed by atoms with Gasteiger partial charge in [0.05, 0.1) is 23.3 Å². The van der Waals surface area contributed by atoms with Crippen molar-refractivity contribution >= 4 is 17.5 Å². The third-order valence-electron chi connectivity index (χ3n) is 5.91. The first-order chi connectivity index (χ1) is 15.0. The predicted octanol–water partition coefficient (Wildman–Crippen LogP) is 5.10. The number of nitrogens with one attached hydrogen (secondary N) is 1. The highest BCUT2D eigenvalue weighted by Crippen LogP contribution is 2.40. The molecule has 0 spiro atoms. The van der Waals surface area contributed by atoms with E-state index in [0.717, 1.165) is 37.8 Å². The van der Waals surface area contributed by atoms with E-state index < -0.39 is 23.2 Å². The zero-order chi connectivity index (χ0) is 23.1. The van der Waals surface area contributed by atoms with Gasteiger partial charge in [0.15, 0.2) is 0 Å². The molecule has 32 heavy (non-hydrogen) atoms. The van der Waals surface area contributed by atoms with Crippen LogP contribution in [0.5, 0.6) is 5.88 Å². The number of pyridine rings is 1. The second kappa shape index (κ2) is 8.56. The number of aliphatic hydroxyl groups is 1. The van der Waals surface area contributed by atoms with Crippen LogP contribution in [0.1, 0.15) is 48.5 Å². The highest BCUT2D eigenvalue weighted by atomic mass is 35.5. The van der Waals surface area contributed by atoms with E-state index in [1.807, 2.05) is 0 Å². The van der Waals surface area contributed by atoms with Gasteiger partial charge in [-0.3, -0.25) is 4.79 Å². The second-order valence-electron chi connectivity index (χ2n) is 8.84. The van der Waals surface area contributed by atoms with E-state index in [2.05, 4.69) is 10.3 Å². The Bertz CT molecular complexity index is 1020. The summed E-state index contributed by atoms with van der Waals surface area (Å²) in [5, 5.41) is 13.2. The van der Waals surface area contributed by atoms with Crippen molar-refractivity contribution in [2.45, 2.75) is 44.4 Å². The average molecular weight is 469 g/mol. The maximum absolute atomic E-state index is 13.3. The van der Waals surface area contributed by atoms with Gasteiger partial charge in [0.2, 0.25) is 5.88 Å². The van der Waals surface area contributed by atoms with E-state index >= 15 is 0 Å². The van der Waals surface area contributed by atoms with Crippen LogP contribution in [0.3, 0.4) is 0 Å². The molecule has 2 aliphatic rings. The van der Waals surface area contributed by atoms with Gasteiger partial charge in [0.1, 0.15) is 0 Å². The van der Waals surface area contributed by atoms with E-state index in [9.17, 15) is 23.1 Å². The van der Waals surface area contributed by atoms with E-state index in [4.69, 9.17) is 16.3 Å². The van der Waals surface area contributed by atoms with Crippen LogP contribution in [0.15, 0.2) is 30.5 Å². The Morgan fingerprint density at radius 1 is 1.22 bits per heavy atom. The Morgan fingerprint density at radius 2 is 1.94 bits per heavy atom. The molecule has 1 aromatic carbocycles. The van der Waals surface area contributed by atoms with E-state index in [-0.39, 0.29) is 40.1 Å². The summed E-state index contributed by atoms with van der Waals surface area (Å²) in [5.74, 6) is 0.184. The minimum atomic E-state index is -4.55. The molecular weight excluding hydrogens is 445 g/mol. The highest BCUT2D eigenvalue weighted by Gasteiger charge is 2.40. The summed E-state index contributed by atoms with van der Waals surface area (Å²) in [6.07, 6.45) is 0.646. The molecule has 2 N–H and O–H groups in total. The summed E-state index contributed by atoms with van der Waals surface area (Å²) in [4.78, 5) is 16.9. The third kappa shape index (κ3) is 5.35. The summed E-state index contributed by atoms with van der Waals surface area (Å²) in [6.45, 7) is 2.13. The number of carbonyl (C=O) groups is 1. The van der Waals surface area contributed by atoms with Crippen LogP contribution in [0, 0.1) is 11.8 Å². The number of alkyl halides is 3. The zero-order valence-corrected chi connectivity index (χ0v) is 18.3. The van der Waals surface area contributed by atoms with Crippen LogP contribution >= 0.6 is 11.6 Å². The fourth-order valence-corrected chi connectivity index (χ4v) is 3.70. The fourth-order valence-electron chi connectivity index (χ4n) is 3.48. The van der Waals surface area contributed by atoms with Gasteiger partial charge in [0, 0.05) is 28.9 Å². The van der Waals surface area contributed by atoms with Crippen LogP contribution in [-0.4, -0.2) is 34.8 Å². The summed E-state index contributed by atoms with van der Waals surface area (Å²) < 4.78 is 45.6. The van der Waals surface area contributed by atoms with Gasteiger partial charge in [-0.1, -0.05) is 11.6 Å². The fraction of sp³-hybridized carbons (Fsp3) is 0.478. The maximum Gasteiger partial charge on any atom is 0.416 e. The van der Waals surface area contributed by atoms with Crippen molar-refractivity contribution in [3.05, 3.63) is 46.6 Å². The van der Waals surface area contributed by atoms with Crippen LogP contribution in [0.2, 0.25) is 5.02 Å². The van der Waals surface area contributed by atoms with Crippen LogP contribution in [0.25, 0.3) is 11.1 Å². The normalized spacial score (nSPS) is 18.2. The molecule has 0 aliphatic heterocycles. The second-order valence-corrected chi connectivity index (χ2v) is 9.24. The Labute approximate surface area is 188 Å². The number of nitrogens with zero attached hydrogens (tertiary/aromatic N) is 1. The van der Waals surface area contributed by atoms with Gasteiger partial charge in [-0.25, -0.2) is 4.98 Å². The molecule has 2 fully saturated rings. The van der Waals surface area contributed by atoms with Crippen LogP contribution in [-0.2, 0) is 6.18 Å². The van der Waals surface area contributed by atoms with Gasteiger partial charge >= 0.3 is 6.18 Å². The third-order valence-corrected chi connectivity index (χ3v) is 6.24. The zero-order valence-electron chi connectivity index (χ0n) is 17.5. The van der Waals surface area contributed by atoms with E-state index in [1.54, 1.807) is 6.92 Å². The van der Waals surface area contributed by atoms with Crippen molar-refractivity contribution in [3.63, 3.8) is 0 Å². The molecule has 0 radical (unpaired) electrons. The first-order valence-corrected chi connectivity index (χ1v) is 10.9. The van der Waals surface area contributed by atoms with Gasteiger partial charge in [-0.15, -0.1) is 0 Å². The number of benzene rings is 1. The monoisotopic (exact) mass is 468 g/mol. The minimum Gasteiger partial charge on any atom is -0.477 e. The molecule has 1 amide bonds. The van der Waals surface area contributed by atoms with Gasteiger partial charge in [0.25, 0.3) is 5.91 Å². The number of halogens is 4. The predicted molar refractivity (Wildman–Crippen MR) is 114 cm³/mol. The SMILES string of the molecule is CC(O)(CNC(=O)c1cnc(OCC2CC2)c(-c2cc(C(F)(F)F)ccc2Cl)c1)C1CC1. The van der Waals surface area contributed by atoms with Crippen molar-refractivity contribution in [1.82, 2.24) is 10.3 Å². The molecule has 1 heterocycles. The number of amides is 1. The maximum atomic E-state index is 13.3. The summed E-state index contributed by atoms with van der Waals surface area (Å²) in [5.41, 5.74) is -1.44. The lowest BCUT2D eigenvalue weighted by atomic mass is 10.00. The lowest BCUT2D eigenvalue weighted by molar-refractivity contribution is -0.137. The molecule has 172 valence electrons. The minimum absolute atomic E-state index is 0.0656. The summed E-state index contributed by atoms with van der Waals surface area (Å²) in [7, 11) is 0. The highest BCUT2D eigenvalue weighted by molar-refractivity contribution is 6.33. The van der Waals surface area contributed by atoms with Crippen molar-refractivity contribution in [1.29, 1.82) is 0 Å². The standard InChI is InChI=1S/C23H24ClF3N2O3/c1-22(31,15-4-5-15)12-29-20(30)14-8-18(21(28-10-14)32-11-13-2-3-13)17-9-16(23(25,26)27)6-7-19(17)24/h6-10,13,15,31H,2-5,11-12H2,1H3,(H,29,30). The summed E-state index contributed by atoms with van der Waals surface area (Å²) in [6, 6.07) is 4.44. The number of hydrogen-bond acceptors (Lipinski definition) is 4. The molecule has 2 aliphatic carbocycles. The number of ether oxygens (including phenoxy) is 1. The number of aromatic nitrogens is 1. The van der Waals surface area contributed by atoms with Crippen LogP contribution < -0.4 is 10.1 Å². The Balaban J connectivity index is 1.64. The first-order valence-electron chi connectivity index (χ1n) is 10.5. The molecule has 2 saturated carbocycles. The largest absolute Gasteiger partial charge is 0.477 e. The van der Waals surface area contributed by atoms with E-state index in [1.165, 1.54) is 18.3 Å². The molecule has 0 bridgehead atoms. The molecular formula is C23H24ClF3N2O3. The Hall–Kier alpha value is -2.32. The topological polar surface area (TPSA) is 71.5 Å². The van der Waals surface area contributed by atoms with E-state index in [0.29, 0.717) is 12.5 Å². The molecule has 4 rings (SSSR count). The molecule has 5 nitrogen and oxygen atoms in total. The smallest absolute Gasteiger partial charge is 0.416 e. The van der Waals surface area contributed by atoms with Gasteiger partial charge in [-0.2, -0.15) is 13.2 Å². The van der Waals surface area contributed by atoms with Crippen molar-refractivity contribution in [3.8, 4) is 17.0 Å². The summed E-state index contributed by atoms with van der Waals surface area (Å²) >= 11 is 6.24. The number of carbonyl (C=O) groups excluding carboxylic acids is 1. The van der Waals surface area contributed by atoms with Crippen molar-refractivity contribution in [2.75, 3.05) is 13.2 Å². The molecule has 9 heteroatoms. The van der Waals surface area contributed by atoms with Crippen molar-refractivity contribution in [2.24, 2.45) is 11.8 Å². The van der Waals surface area contributed by atoms with Gasteiger partial charge in [-0.05, 0) is 68.7 Å². The lowest BCUT2D eigenvalue weighted by Crippen LogP contribution is -2.42. The molecule has 2 aromatic rings. The van der Waals surface area contributed by atoms with Crippen molar-refractivity contribution < 1.29 is 27.8 Å². The van der Waals surface area contributed by atoms with Gasteiger partial charge < -0.3 is 15.2 Å². The number of hydrogen-bond donors (Lipinski definition) is 2. The first kappa shape index (κ1) is 22.9. The molecule has 1 unspecified atom stereocenters. The number of rotatable bonds is 8. The lowest BCUT2D eigenvalue weighted by Gasteiger charge is -2.23. The molecule has 1 aromatic heterocycles.